The fraction of sp³-hybridized carbons (Fsp3) is 0.667. The summed E-state index contributed by atoms with van der Waals surface area (Å²) in [5, 5.41) is 9.30. The van der Waals surface area contributed by atoms with Gasteiger partial charge in [0.1, 0.15) is 0 Å². The van der Waals surface area contributed by atoms with Gasteiger partial charge in [-0.3, -0.25) is 0 Å². The van der Waals surface area contributed by atoms with Crippen LogP contribution in [0.25, 0.3) is 0 Å². The number of thioether (sulfide) groups is 1. The number of amides is 2. The molecule has 0 spiro atoms. The van der Waals surface area contributed by atoms with Gasteiger partial charge in [0, 0.05) is 0 Å². The minimum Gasteiger partial charge on any atom is -0.303 e. The van der Waals surface area contributed by atoms with Crippen LogP contribution in [0.5, 0.6) is 0 Å². The van der Waals surface area contributed by atoms with Crippen LogP contribution in [0.3, 0.4) is 0 Å². The van der Waals surface area contributed by atoms with Crippen molar-refractivity contribution in [3.05, 3.63) is 0 Å². The SMILES string of the molecule is CSC1N=NC(=O)N1. The molecule has 0 saturated heterocycles. The molecule has 0 aromatic carbocycles. The van der Waals surface area contributed by atoms with Gasteiger partial charge in [0.25, 0.3) is 0 Å². The summed E-state index contributed by atoms with van der Waals surface area (Å²) in [7, 11) is 0. The predicted molar refractivity (Wildman–Crippen MR) is 30.7 cm³/mol. The average molecular weight is 131 g/mol. The fourth-order valence-electron chi connectivity index (χ4n) is 0.374. The Labute approximate surface area is 50.7 Å². The number of carbonyl (C=O) groups is 1. The quantitative estimate of drug-likeness (QED) is 0.572. The van der Waals surface area contributed by atoms with Crippen molar-refractivity contribution in [1.82, 2.24) is 5.32 Å². The first-order chi connectivity index (χ1) is 3.83. The van der Waals surface area contributed by atoms with Gasteiger partial charge in [0.2, 0.25) is 0 Å². The molecule has 1 aliphatic heterocycles. The van der Waals surface area contributed by atoms with Gasteiger partial charge in [-0.15, -0.1) is 16.9 Å². The highest BCUT2D eigenvalue weighted by Gasteiger charge is 2.14. The zero-order valence-electron chi connectivity index (χ0n) is 4.29. The van der Waals surface area contributed by atoms with Gasteiger partial charge in [-0.05, 0) is 6.26 Å². The van der Waals surface area contributed by atoms with E-state index in [4.69, 9.17) is 0 Å². The number of carbonyl (C=O) groups excluding carboxylic acids is 1. The zero-order valence-corrected chi connectivity index (χ0v) is 5.10. The third-order valence-corrected chi connectivity index (χ3v) is 1.38. The number of hydrogen-bond donors (Lipinski definition) is 1. The second-order valence-corrected chi connectivity index (χ2v) is 2.17. The van der Waals surface area contributed by atoms with Crippen LogP contribution in [0.2, 0.25) is 0 Å². The zero-order chi connectivity index (χ0) is 5.98. The molecule has 0 aliphatic carbocycles. The molecule has 1 heterocycles. The topological polar surface area (TPSA) is 53.8 Å². The van der Waals surface area contributed by atoms with E-state index in [0.29, 0.717) is 0 Å². The molecule has 2 amide bonds. The molecular formula is C3H5N3OS. The monoisotopic (exact) mass is 131 g/mol. The first-order valence-corrected chi connectivity index (χ1v) is 3.36. The third-order valence-electron chi connectivity index (χ3n) is 0.724. The maximum absolute atomic E-state index is 10.2. The van der Waals surface area contributed by atoms with Crippen molar-refractivity contribution in [2.24, 2.45) is 10.2 Å². The summed E-state index contributed by atoms with van der Waals surface area (Å²) in [6.45, 7) is 0. The summed E-state index contributed by atoms with van der Waals surface area (Å²) in [5.41, 5.74) is -0.150. The number of nitrogens with one attached hydrogen (secondary N) is 1. The normalized spacial score (nSPS) is 26.1. The van der Waals surface area contributed by atoms with Crippen molar-refractivity contribution in [2.75, 3.05) is 6.26 Å². The van der Waals surface area contributed by atoms with Crippen molar-refractivity contribution >= 4 is 17.8 Å². The number of azo groups is 1. The maximum Gasteiger partial charge on any atom is 0.361 e. The van der Waals surface area contributed by atoms with E-state index < -0.39 is 0 Å². The Bertz CT molecular complexity index is 134. The Morgan fingerprint density at radius 1 is 1.88 bits per heavy atom. The lowest BCUT2D eigenvalue weighted by molar-refractivity contribution is 0.251. The van der Waals surface area contributed by atoms with Gasteiger partial charge >= 0.3 is 6.03 Å². The largest absolute Gasteiger partial charge is 0.361 e. The van der Waals surface area contributed by atoms with Crippen molar-refractivity contribution in [3.8, 4) is 0 Å². The third kappa shape index (κ3) is 0.975. The Morgan fingerprint density at radius 3 is 2.88 bits per heavy atom. The second-order valence-electron chi connectivity index (χ2n) is 1.25. The molecule has 0 aromatic heterocycles. The maximum atomic E-state index is 10.2. The number of rotatable bonds is 1. The molecular weight excluding hydrogens is 126 g/mol. The van der Waals surface area contributed by atoms with Gasteiger partial charge in [0.05, 0.1) is 0 Å². The highest BCUT2D eigenvalue weighted by molar-refractivity contribution is 7.99. The Balaban J connectivity index is 2.46. The van der Waals surface area contributed by atoms with E-state index >= 15 is 0 Å². The van der Waals surface area contributed by atoms with Gasteiger partial charge < -0.3 is 5.32 Å². The van der Waals surface area contributed by atoms with Gasteiger partial charge in [-0.25, -0.2) is 4.79 Å². The molecule has 8 heavy (non-hydrogen) atoms. The highest BCUT2D eigenvalue weighted by atomic mass is 32.2. The smallest absolute Gasteiger partial charge is 0.303 e. The molecule has 0 radical (unpaired) electrons. The molecule has 5 heteroatoms. The molecule has 1 aliphatic rings. The Kier molecular flexibility index (Phi) is 1.48. The molecule has 1 unspecified atom stereocenters. The van der Waals surface area contributed by atoms with Crippen LogP contribution in [0, 0.1) is 0 Å². The number of nitrogens with zero attached hydrogens (tertiary/aromatic N) is 2. The van der Waals surface area contributed by atoms with Crippen LogP contribution >= 0.6 is 11.8 Å². The van der Waals surface area contributed by atoms with E-state index in [9.17, 15) is 4.79 Å². The number of hydrogen-bond acceptors (Lipinski definition) is 3. The van der Waals surface area contributed by atoms with Crippen molar-refractivity contribution in [3.63, 3.8) is 0 Å². The standard InChI is InChI=1S/C3H5N3OS/c1-8-3-4-2(7)5-6-3/h3H,1H3,(H,4,7). The van der Waals surface area contributed by atoms with Crippen LogP contribution in [-0.2, 0) is 0 Å². The molecule has 0 aromatic rings. The van der Waals surface area contributed by atoms with E-state index in [1.807, 2.05) is 6.26 Å². The highest BCUT2D eigenvalue weighted by Crippen LogP contribution is 2.09. The minimum absolute atomic E-state index is 0.150. The van der Waals surface area contributed by atoms with E-state index in [-0.39, 0.29) is 11.5 Å². The first-order valence-electron chi connectivity index (χ1n) is 2.07. The van der Waals surface area contributed by atoms with E-state index in [0.717, 1.165) is 0 Å². The molecule has 1 N–H and O–H groups in total. The fourth-order valence-corrected chi connectivity index (χ4v) is 0.734. The van der Waals surface area contributed by atoms with E-state index in [2.05, 4.69) is 15.5 Å². The van der Waals surface area contributed by atoms with Crippen LogP contribution < -0.4 is 5.32 Å². The van der Waals surface area contributed by atoms with Crippen LogP contribution in [0.4, 0.5) is 4.79 Å². The van der Waals surface area contributed by atoms with Crippen molar-refractivity contribution in [1.29, 1.82) is 0 Å². The van der Waals surface area contributed by atoms with Crippen LogP contribution in [0.15, 0.2) is 10.2 Å². The van der Waals surface area contributed by atoms with Gasteiger partial charge in [-0.2, -0.15) is 0 Å². The number of urea groups is 1. The van der Waals surface area contributed by atoms with E-state index in [1.165, 1.54) is 11.8 Å². The van der Waals surface area contributed by atoms with Gasteiger partial charge in [0.15, 0.2) is 5.50 Å². The lowest BCUT2D eigenvalue weighted by atomic mass is 11.0. The molecule has 1 rings (SSSR count). The van der Waals surface area contributed by atoms with Crippen LogP contribution in [0.1, 0.15) is 0 Å². The molecule has 1 atom stereocenters. The van der Waals surface area contributed by atoms with Crippen LogP contribution in [-0.4, -0.2) is 17.8 Å². The molecule has 0 bridgehead atoms. The molecule has 4 nitrogen and oxygen atoms in total. The second kappa shape index (κ2) is 2.13. The molecule has 0 saturated carbocycles. The van der Waals surface area contributed by atoms with Crippen molar-refractivity contribution < 1.29 is 4.79 Å². The molecule has 44 valence electrons. The summed E-state index contributed by atoms with van der Waals surface area (Å²) in [5.74, 6) is 0. The Hall–Kier alpha value is -0.580. The summed E-state index contributed by atoms with van der Waals surface area (Å²) >= 11 is 1.44. The minimum atomic E-state index is -0.343. The summed E-state index contributed by atoms with van der Waals surface area (Å²) in [6, 6.07) is -0.343. The molecule has 0 fully saturated rings. The lowest BCUT2D eigenvalue weighted by Gasteiger charge is -1.96. The summed E-state index contributed by atoms with van der Waals surface area (Å²) < 4.78 is 0. The van der Waals surface area contributed by atoms with E-state index in [1.54, 1.807) is 0 Å². The van der Waals surface area contributed by atoms with Gasteiger partial charge in [-0.1, -0.05) is 5.11 Å². The predicted octanol–water partition coefficient (Wildman–Crippen LogP) is 0.808. The lowest BCUT2D eigenvalue weighted by Crippen LogP contribution is -2.21. The average Bonchev–Trinajstić information content (AvgIpc) is 2.14. The summed E-state index contributed by atoms with van der Waals surface area (Å²) in [4.78, 5) is 10.2. The summed E-state index contributed by atoms with van der Waals surface area (Å²) in [6.07, 6.45) is 1.86. The Morgan fingerprint density at radius 2 is 2.62 bits per heavy atom. The van der Waals surface area contributed by atoms with Crippen molar-refractivity contribution in [2.45, 2.75) is 5.50 Å². The first kappa shape index (κ1) is 5.55.